The summed E-state index contributed by atoms with van der Waals surface area (Å²) >= 11 is 0. The second-order valence-electron chi connectivity index (χ2n) is 8.22. The molecule has 2 atom stereocenters. The van der Waals surface area contributed by atoms with Gasteiger partial charge in [-0.1, -0.05) is 31.5 Å². The molecule has 1 saturated heterocycles. The van der Waals surface area contributed by atoms with Crippen LogP contribution in [0.5, 0.6) is 0 Å². The maximum atomic E-state index is 12.8. The first kappa shape index (κ1) is 22.4. The first-order valence-corrected chi connectivity index (χ1v) is 11.6. The Balaban J connectivity index is 1.92. The molecule has 156 valence electrons. The first-order valence-electron chi connectivity index (χ1n) is 9.73. The molecule has 1 fully saturated rings. The predicted octanol–water partition coefficient (Wildman–Crippen LogP) is 0.120. The monoisotopic (exact) mass is 410 g/mol. The van der Waals surface area contributed by atoms with Crippen molar-refractivity contribution in [2.45, 2.75) is 33.2 Å². The van der Waals surface area contributed by atoms with E-state index in [1.807, 2.05) is 45.0 Å². The molecule has 1 aliphatic heterocycles. The van der Waals surface area contributed by atoms with Crippen LogP contribution in [-0.2, 0) is 19.4 Å². The van der Waals surface area contributed by atoms with Gasteiger partial charge in [-0.3, -0.25) is 9.59 Å². The minimum Gasteiger partial charge on any atom is -0.334 e. The van der Waals surface area contributed by atoms with Crippen LogP contribution < -0.4 is 10.2 Å². The number of likely N-dealkylation sites (N-methyl/N-ethyl adjacent to an activating group) is 1. The number of hydrogen-bond acceptors (Lipinski definition) is 4. The van der Waals surface area contributed by atoms with E-state index in [2.05, 4.69) is 5.32 Å². The Labute approximate surface area is 168 Å². The molecule has 2 rings (SSSR count). The number of benzene rings is 1. The summed E-state index contributed by atoms with van der Waals surface area (Å²) < 4.78 is 23.6. The lowest BCUT2D eigenvalue weighted by Crippen LogP contribution is -3.11. The van der Waals surface area contributed by atoms with Gasteiger partial charge >= 0.3 is 0 Å². The van der Waals surface area contributed by atoms with Crippen molar-refractivity contribution in [3.8, 4) is 0 Å². The fourth-order valence-electron chi connectivity index (χ4n) is 3.41. The summed E-state index contributed by atoms with van der Waals surface area (Å²) in [5.41, 5.74) is 1.85. The SMILES string of the molecule is Cc1ccc(NC(=O)C[NH+](C)CC(=O)N(CC(C)C)[C@H]2CCS(=O)(=O)C2)cc1. The van der Waals surface area contributed by atoms with E-state index in [0.29, 0.717) is 13.0 Å². The molecule has 8 heteroatoms. The predicted molar refractivity (Wildman–Crippen MR) is 110 cm³/mol. The number of carbonyl (C=O) groups is 2. The van der Waals surface area contributed by atoms with Gasteiger partial charge in [0.2, 0.25) is 0 Å². The zero-order valence-corrected chi connectivity index (χ0v) is 18.0. The van der Waals surface area contributed by atoms with Gasteiger partial charge in [0, 0.05) is 18.3 Å². The fraction of sp³-hybridized carbons (Fsp3) is 0.600. The molecule has 0 radical (unpaired) electrons. The van der Waals surface area contributed by atoms with Gasteiger partial charge in [-0.15, -0.1) is 0 Å². The summed E-state index contributed by atoms with van der Waals surface area (Å²) in [5, 5.41) is 2.84. The average molecular weight is 411 g/mol. The van der Waals surface area contributed by atoms with E-state index in [1.54, 1.807) is 11.9 Å². The molecule has 0 aromatic heterocycles. The third-order valence-corrected chi connectivity index (χ3v) is 6.53. The molecule has 2 N–H and O–H groups in total. The maximum Gasteiger partial charge on any atom is 0.279 e. The number of nitrogens with zero attached hydrogens (tertiary/aromatic N) is 1. The molecule has 28 heavy (non-hydrogen) atoms. The molecular weight excluding hydrogens is 378 g/mol. The summed E-state index contributed by atoms with van der Waals surface area (Å²) in [6.07, 6.45) is 0.494. The van der Waals surface area contributed by atoms with Gasteiger partial charge in [-0.25, -0.2) is 8.42 Å². The molecule has 0 aliphatic carbocycles. The van der Waals surface area contributed by atoms with Crippen molar-refractivity contribution in [3.05, 3.63) is 29.8 Å². The van der Waals surface area contributed by atoms with Gasteiger partial charge in [-0.2, -0.15) is 0 Å². The molecule has 1 aromatic carbocycles. The van der Waals surface area contributed by atoms with Crippen molar-refractivity contribution in [1.29, 1.82) is 0 Å². The molecule has 0 saturated carbocycles. The number of hydrogen-bond donors (Lipinski definition) is 2. The van der Waals surface area contributed by atoms with Gasteiger partial charge in [0.15, 0.2) is 22.9 Å². The smallest absolute Gasteiger partial charge is 0.279 e. The Bertz CT molecular complexity index is 790. The molecule has 1 heterocycles. The van der Waals surface area contributed by atoms with E-state index in [4.69, 9.17) is 0 Å². The quantitative estimate of drug-likeness (QED) is 0.637. The van der Waals surface area contributed by atoms with Crippen molar-refractivity contribution in [1.82, 2.24) is 4.90 Å². The Morgan fingerprint density at radius 1 is 1.21 bits per heavy atom. The first-order chi connectivity index (χ1) is 13.1. The van der Waals surface area contributed by atoms with Crippen LogP contribution in [0.15, 0.2) is 24.3 Å². The largest absolute Gasteiger partial charge is 0.334 e. The summed E-state index contributed by atoms with van der Waals surface area (Å²) in [7, 11) is -1.26. The third-order valence-electron chi connectivity index (χ3n) is 4.78. The number of amides is 2. The molecule has 0 bridgehead atoms. The van der Waals surface area contributed by atoms with Crippen LogP contribution in [0.4, 0.5) is 5.69 Å². The second-order valence-corrected chi connectivity index (χ2v) is 10.5. The zero-order valence-electron chi connectivity index (χ0n) is 17.2. The highest BCUT2D eigenvalue weighted by molar-refractivity contribution is 7.91. The summed E-state index contributed by atoms with van der Waals surface area (Å²) in [5.74, 6) is 0.168. The normalized spacial score (nSPS) is 19.4. The highest BCUT2D eigenvalue weighted by Gasteiger charge is 2.35. The summed E-state index contributed by atoms with van der Waals surface area (Å²) in [6.45, 7) is 6.85. The van der Waals surface area contributed by atoms with Gasteiger partial charge in [0.25, 0.3) is 11.8 Å². The molecule has 1 aromatic rings. The lowest BCUT2D eigenvalue weighted by molar-refractivity contribution is -0.862. The third kappa shape index (κ3) is 6.91. The van der Waals surface area contributed by atoms with Gasteiger partial charge < -0.3 is 15.1 Å². The van der Waals surface area contributed by atoms with Crippen LogP contribution in [-0.4, -0.2) is 69.4 Å². The van der Waals surface area contributed by atoms with Gasteiger partial charge in [0.1, 0.15) is 0 Å². The molecule has 1 unspecified atom stereocenters. The Morgan fingerprint density at radius 3 is 2.39 bits per heavy atom. The number of rotatable bonds is 8. The van der Waals surface area contributed by atoms with Gasteiger partial charge in [-0.05, 0) is 31.4 Å². The Hall–Kier alpha value is -1.93. The number of carbonyl (C=O) groups excluding carboxylic acids is 2. The van der Waals surface area contributed by atoms with E-state index >= 15 is 0 Å². The highest BCUT2D eigenvalue weighted by Crippen LogP contribution is 2.19. The van der Waals surface area contributed by atoms with Crippen molar-refractivity contribution in [3.63, 3.8) is 0 Å². The Morgan fingerprint density at radius 2 is 1.86 bits per heavy atom. The standard InChI is InChI=1S/C20H31N3O4S/c1-15(2)11-23(18-9-10-28(26,27)14-18)20(25)13-22(4)12-19(24)21-17-7-5-16(3)6-8-17/h5-8,15,18H,9-14H2,1-4H3,(H,21,24)/p+1/t18-/m0/s1. The van der Waals surface area contributed by atoms with E-state index in [1.165, 1.54) is 0 Å². The van der Waals surface area contributed by atoms with Crippen molar-refractivity contribution >= 4 is 27.3 Å². The lowest BCUT2D eigenvalue weighted by Gasteiger charge is -2.30. The average Bonchev–Trinajstić information content (AvgIpc) is 2.94. The molecular formula is C20H32N3O4S+. The molecule has 1 aliphatic rings. The van der Waals surface area contributed by atoms with E-state index < -0.39 is 9.84 Å². The van der Waals surface area contributed by atoms with Gasteiger partial charge in [0.05, 0.1) is 18.6 Å². The van der Waals surface area contributed by atoms with Crippen LogP contribution in [0.3, 0.4) is 0 Å². The summed E-state index contributed by atoms with van der Waals surface area (Å²) in [6, 6.07) is 7.29. The minimum absolute atomic E-state index is 0.0401. The number of anilines is 1. The molecule has 2 amide bonds. The van der Waals surface area contributed by atoms with Crippen molar-refractivity contribution in [2.24, 2.45) is 5.92 Å². The topological polar surface area (TPSA) is 88.0 Å². The number of aryl methyl sites for hydroxylation is 1. The van der Waals surface area contributed by atoms with E-state index in [9.17, 15) is 18.0 Å². The highest BCUT2D eigenvalue weighted by atomic mass is 32.2. The van der Waals surface area contributed by atoms with E-state index in [0.717, 1.165) is 16.2 Å². The number of nitrogens with one attached hydrogen (secondary N) is 2. The van der Waals surface area contributed by atoms with Crippen LogP contribution in [0.25, 0.3) is 0 Å². The van der Waals surface area contributed by atoms with E-state index in [-0.39, 0.29) is 48.4 Å². The van der Waals surface area contributed by atoms with Crippen LogP contribution >= 0.6 is 0 Å². The van der Waals surface area contributed by atoms with Crippen LogP contribution in [0.1, 0.15) is 25.8 Å². The second kappa shape index (κ2) is 9.52. The van der Waals surface area contributed by atoms with Crippen molar-refractivity contribution in [2.75, 3.05) is 43.5 Å². The van der Waals surface area contributed by atoms with Crippen LogP contribution in [0, 0.1) is 12.8 Å². The lowest BCUT2D eigenvalue weighted by atomic mass is 10.1. The Kier molecular flexibility index (Phi) is 7.60. The maximum absolute atomic E-state index is 12.8. The molecule has 7 nitrogen and oxygen atoms in total. The van der Waals surface area contributed by atoms with Crippen molar-refractivity contribution < 1.29 is 22.9 Å². The fourth-order valence-corrected chi connectivity index (χ4v) is 5.14. The number of quaternary nitrogens is 1. The zero-order chi connectivity index (χ0) is 20.9. The minimum atomic E-state index is -3.06. The summed E-state index contributed by atoms with van der Waals surface area (Å²) in [4.78, 5) is 27.6. The molecule has 0 spiro atoms. The van der Waals surface area contributed by atoms with Crippen LogP contribution in [0.2, 0.25) is 0 Å². The number of sulfone groups is 1.